The average Bonchev–Trinajstić information content (AvgIpc) is 2.89. The van der Waals surface area contributed by atoms with Crippen LogP contribution in [0.4, 0.5) is 0 Å². The maximum absolute atomic E-state index is 13.0. The quantitative estimate of drug-likeness (QED) is 0.253. The van der Waals surface area contributed by atoms with E-state index in [2.05, 4.69) is 6.08 Å². The number of hydrogen-bond donors (Lipinski definition) is 1. The van der Waals surface area contributed by atoms with E-state index in [0.717, 1.165) is 16.7 Å². The fourth-order valence-corrected chi connectivity index (χ4v) is 5.79. The molecule has 0 spiro atoms. The molecule has 0 bridgehead atoms. The van der Waals surface area contributed by atoms with Crippen molar-refractivity contribution in [2.24, 2.45) is 11.3 Å². The second kappa shape index (κ2) is 11.7. The predicted octanol–water partition coefficient (Wildman–Crippen LogP) is 5.31. The van der Waals surface area contributed by atoms with Gasteiger partial charge >= 0.3 is 0 Å². The summed E-state index contributed by atoms with van der Waals surface area (Å²) in [5.74, 6) is 0.431. The summed E-state index contributed by atoms with van der Waals surface area (Å²) in [7, 11) is 1.58. The predicted molar refractivity (Wildman–Crippen MR) is 142 cm³/mol. The van der Waals surface area contributed by atoms with Crippen LogP contribution in [0, 0.1) is 18.3 Å². The SMILES string of the molecule is COCOc1cc(C)ccc1C[C@H](OCOCc1ccccc1)[C@]1(O)C(C)=CC(=O)[C@H]2CC=CC[C@]21C. The van der Waals surface area contributed by atoms with Crippen molar-refractivity contribution >= 4 is 5.78 Å². The van der Waals surface area contributed by atoms with Crippen molar-refractivity contribution in [1.82, 2.24) is 0 Å². The van der Waals surface area contributed by atoms with Crippen molar-refractivity contribution in [3.05, 3.63) is 89.0 Å². The largest absolute Gasteiger partial charge is 0.467 e. The summed E-state index contributed by atoms with van der Waals surface area (Å²) >= 11 is 0. The number of ketones is 1. The molecule has 2 aliphatic rings. The minimum atomic E-state index is -1.39. The Labute approximate surface area is 219 Å². The number of rotatable bonds is 11. The van der Waals surface area contributed by atoms with Gasteiger partial charge in [0.25, 0.3) is 0 Å². The number of methoxy groups -OCH3 is 1. The smallest absolute Gasteiger partial charge is 0.188 e. The Morgan fingerprint density at radius 2 is 1.86 bits per heavy atom. The Morgan fingerprint density at radius 1 is 1.08 bits per heavy atom. The number of aliphatic hydroxyl groups is 1. The van der Waals surface area contributed by atoms with Gasteiger partial charge in [-0.15, -0.1) is 0 Å². The van der Waals surface area contributed by atoms with Crippen LogP contribution in [-0.4, -0.2) is 43.3 Å². The number of benzene rings is 2. The molecule has 198 valence electrons. The molecule has 0 saturated heterocycles. The zero-order chi connectivity index (χ0) is 26.5. The third kappa shape index (κ3) is 5.58. The maximum Gasteiger partial charge on any atom is 0.188 e. The summed E-state index contributed by atoms with van der Waals surface area (Å²) < 4.78 is 23.3. The number of carbonyl (C=O) groups is 1. The summed E-state index contributed by atoms with van der Waals surface area (Å²) in [6.07, 6.45) is 6.58. The van der Waals surface area contributed by atoms with Crippen molar-refractivity contribution in [2.45, 2.75) is 58.3 Å². The first kappa shape index (κ1) is 27.3. The van der Waals surface area contributed by atoms with E-state index in [1.165, 1.54) is 0 Å². The molecule has 4 rings (SSSR count). The molecule has 0 aromatic heterocycles. The molecule has 0 saturated carbocycles. The lowest BCUT2D eigenvalue weighted by Gasteiger charge is -2.55. The number of aryl methyl sites for hydroxylation is 1. The van der Waals surface area contributed by atoms with Gasteiger partial charge in [-0.25, -0.2) is 0 Å². The average molecular weight is 507 g/mol. The van der Waals surface area contributed by atoms with Crippen LogP contribution in [0.3, 0.4) is 0 Å². The van der Waals surface area contributed by atoms with E-state index in [0.29, 0.717) is 37.2 Å². The molecule has 37 heavy (non-hydrogen) atoms. The van der Waals surface area contributed by atoms with Crippen molar-refractivity contribution in [3.63, 3.8) is 0 Å². The molecule has 4 atom stereocenters. The first-order valence-electron chi connectivity index (χ1n) is 12.8. The van der Waals surface area contributed by atoms with Crippen LogP contribution in [0.25, 0.3) is 0 Å². The van der Waals surface area contributed by atoms with Crippen LogP contribution in [0.5, 0.6) is 5.75 Å². The fourth-order valence-electron chi connectivity index (χ4n) is 5.79. The number of hydrogen-bond acceptors (Lipinski definition) is 6. The van der Waals surface area contributed by atoms with Crippen LogP contribution in [0.1, 0.15) is 43.4 Å². The molecular weight excluding hydrogens is 468 g/mol. The summed E-state index contributed by atoms with van der Waals surface area (Å²) in [6, 6.07) is 15.9. The van der Waals surface area contributed by atoms with E-state index < -0.39 is 17.1 Å². The topological polar surface area (TPSA) is 74.2 Å². The first-order chi connectivity index (χ1) is 17.8. The third-order valence-corrected chi connectivity index (χ3v) is 7.91. The molecule has 2 aromatic rings. The van der Waals surface area contributed by atoms with Crippen LogP contribution in [0.2, 0.25) is 0 Å². The molecule has 0 fully saturated rings. The van der Waals surface area contributed by atoms with E-state index in [-0.39, 0.29) is 25.3 Å². The van der Waals surface area contributed by atoms with Crippen LogP contribution >= 0.6 is 0 Å². The standard InChI is InChI=1S/C31H38O6/c1-22-13-14-25(28(16-22)36-20-34-4)18-29(37-21-35-19-24-10-6-5-7-11-24)31(33)23(2)17-27(32)26-12-8-9-15-30(26,31)3/h5-11,13-14,16-17,26,29,33H,12,15,18-21H2,1-4H3/t26-,29+,30-,31-/m1/s1. The third-order valence-electron chi connectivity index (χ3n) is 7.91. The number of carbonyl (C=O) groups excluding carboxylic acids is 1. The van der Waals surface area contributed by atoms with Gasteiger partial charge in [-0.3, -0.25) is 4.79 Å². The van der Waals surface area contributed by atoms with Gasteiger partial charge in [0.05, 0.1) is 12.7 Å². The van der Waals surface area contributed by atoms with Crippen LogP contribution in [-0.2, 0) is 32.0 Å². The summed E-state index contributed by atoms with van der Waals surface area (Å²) in [6.45, 7) is 6.35. The van der Waals surface area contributed by atoms with Gasteiger partial charge in [-0.1, -0.05) is 61.5 Å². The van der Waals surface area contributed by atoms with E-state index in [1.807, 2.05) is 75.4 Å². The van der Waals surface area contributed by atoms with E-state index in [9.17, 15) is 9.90 Å². The van der Waals surface area contributed by atoms with Crippen LogP contribution in [0.15, 0.2) is 72.3 Å². The number of allylic oxidation sites excluding steroid dienone is 3. The van der Waals surface area contributed by atoms with E-state index in [1.54, 1.807) is 13.2 Å². The Balaban J connectivity index is 1.66. The molecule has 1 N–H and O–H groups in total. The normalized spacial score (nSPS) is 25.9. The van der Waals surface area contributed by atoms with Crippen molar-refractivity contribution in [3.8, 4) is 5.75 Å². The lowest BCUT2D eigenvalue weighted by molar-refractivity contribution is -0.204. The van der Waals surface area contributed by atoms with Gasteiger partial charge in [-0.05, 0) is 61.1 Å². The monoisotopic (exact) mass is 506 g/mol. The zero-order valence-electron chi connectivity index (χ0n) is 22.2. The first-order valence-corrected chi connectivity index (χ1v) is 12.8. The Bertz CT molecular complexity index is 1140. The van der Waals surface area contributed by atoms with Gasteiger partial charge in [-0.2, -0.15) is 0 Å². The second-order valence-corrected chi connectivity index (χ2v) is 10.4. The summed E-state index contributed by atoms with van der Waals surface area (Å²) in [4.78, 5) is 13.0. The Morgan fingerprint density at radius 3 is 2.62 bits per heavy atom. The summed E-state index contributed by atoms with van der Waals surface area (Å²) in [5.41, 5.74) is 1.49. The second-order valence-electron chi connectivity index (χ2n) is 10.4. The lowest BCUT2D eigenvalue weighted by atomic mass is 9.52. The molecular formula is C31H38O6. The Kier molecular flexibility index (Phi) is 8.65. The minimum Gasteiger partial charge on any atom is -0.467 e. The minimum absolute atomic E-state index is 0.000192. The number of ether oxygens (including phenoxy) is 4. The molecule has 0 amide bonds. The van der Waals surface area contributed by atoms with Crippen LogP contribution < -0.4 is 4.74 Å². The summed E-state index contributed by atoms with van der Waals surface area (Å²) in [5, 5.41) is 12.6. The van der Waals surface area contributed by atoms with E-state index >= 15 is 0 Å². The zero-order valence-corrected chi connectivity index (χ0v) is 22.2. The molecule has 0 aliphatic heterocycles. The van der Waals surface area contributed by atoms with Gasteiger partial charge in [0.2, 0.25) is 0 Å². The maximum atomic E-state index is 13.0. The molecule has 0 heterocycles. The molecule has 6 nitrogen and oxygen atoms in total. The Hall–Kier alpha value is -2.77. The molecule has 6 heteroatoms. The molecule has 2 aliphatic carbocycles. The fraction of sp³-hybridized carbons (Fsp3) is 0.452. The van der Waals surface area contributed by atoms with E-state index in [4.69, 9.17) is 18.9 Å². The van der Waals surface area contributed by atoms with Crippen molar-refractivity contribution < 1.29 is 28.8 Å². The molecule has 0 radical (unpaired) electrons. The highest BCUT2D eigenvalue weighted by atomic mass is 16.7. The van der Waals surface area contributed by atoms with Gasteiger partial charge < -0.3 is 24.1 Å². The molecule has 0 unspecified atom stereocenters. The van der Waals surface area contributed by atoms with Gasteiger partial charge in [0.1, 0.15) is 18.1 Å². The van der Waals surface area contributed by atoms with Gasteiger partial charge in [0.15, 0.2) is 12.6 Å². The highest BCUT2D eigenvalue weighted by molar-refractivity contribution is 5.95. The highest BCUT2D eigenvalue weighted by Gasteiger charge is 2.60. The molecule has 2 aromatic carbocycles. The van der Waals surface area contributed by atoms with Crippen molar-refractivity contribution in [1.29, 1.82) is 0 Å². The van der Waals surface area contributed by atoms with Gasteiger partial charge in [0, 0.05) is 24.9 Å². The number of fused-ring (bicyclic) bond motifs is 1. The van der Waals surface area contributed by atoms with Crippen molar-refractivity contribution in [2.75, 3.05) is 20.7 Å². The lowest BCUT2D eigenvalue weighted by Crippen LogP contribution is -2.63. The highest BCUT2D eigenvalue weighted by Crippen LogP contribution is 2.55.